The molecule has 4 rings (SSSR count). The Hall–Kier alpha value is -2.50. The first kappa shape index (κ1) is 20.8. The monoisotopic (exact) mass is 436 g/mol. The van der Waals surface area contributed by atoms with Crippen LogP contribution in [0.5, 0.6) is 5.75 Å². The lowest BCUT2D eigenvalue weighted by Gasteiger charge is -2.29. The predicted octanol–water partition coefficient (Wildman–Crippen LogP) is 1.32. The van der Waals surface area contributed by atoms with E-state index in [1.165, 1.54) is 11.0 Å². The number of aryl methyl sites for hydroxylation is 2. The Balaban J connectivity index is 1.59. The highest BCUT2D eigenvalue weighted by molar-refractivity contribution is 7.89. The number of anilines is 1. The predicted molar refractivity (Wildman–Crippen MR) is 106 cm³/mol. The van der Waals surface area contributed by atoms with Crippen LogP contribution in [0, 0.1) is 6.92 Å². The molecule has 0 aliphatic carbocycles. The fourth-order valence-electron chi connectivity index (χ4n) is 3.52. The Morgan fingerprint density at radius 3 is 2.87 bits per heavy atom. The zero-order valence-corrected chi connectivity index (χ0v) is 17.7. The highest BCUT2D eigenvalue weighted by Crippen LogP contribution is 2.37. The average Bonchev–Trinajstić information content (AvgIpc) is 3.40. The number of nitrogens with zero attached hydrogens (tertiary/aromatic N) is 3. The number of hydrogen-bond acceptors (Lipinski definition) is 8. The van der Waals surface area contributed by atoms with E-state index in [1.807, 2.05) is 6.92 Å². The molecule has 1 unspecified atom stereocenters. The SMILES string of the molecule is CCc1nc(CN2C(=O)COc3cc(S(=O)(=O)NCC4CCCO4)c(C)cc32)no1. The summed E-state index contributed by atoms with van der Waals surface area (Å²) in [6.45, 7) is 4.37. The summed E-state index contributed by atoms with van der Waals surface area (Å²) in [5.74, 6) is 0.912. The van der Waals surface area contributed by atoms with Gasteiger partial charge in [0.1, 0.15) is 5.75 Å². The van der Waals surface area contributed by atoms with Crippen molar-refractivity contribution in [2.75, 3.05) is 24.7 Å². The molecule has 2 aromatic rings. The molecule has 0 bridgehead atoms. The van der Waals surface area contributed by atoms with Gasteiger partial charge in [-0.3, -0.25) is 9.69 Å². The van der Waals surface area contributed by atoms with Crippen molar-refractivity contribution in [1.82, 2.24) is 14.9 Å². The molecule has 0 saturated carbocycles. The van der Waals surface area contributed by atoms with Crippen LogP contribution in [0.4, 0.5) is 5.69 Å². The van der Waals surface area contributed by atoms with Crippen LogP contribution in [0.2, 0.25) is 0 Å². The molecule has 30 heavy (non-hydrogen) atoms. The Morgan fingerprint density at radius 2 is 2.17 bits per heavy atom. The van der Waals surface area contributed by atoms with Crippen molar-refractivity contribution in [1.29, 1.82) is 0 Å². The van der Waals surface area contributed by atoms with Crippen molar-refractivity contribution in [3.8, 4) is 5.75 Å². The van der Waals surface area contributed by atoms with Crippen LogP contribution in [-0.4, -0.2) is 50.3 Å². The van der Waals surface area contributed by atoms with Gasteiger partial charge in [-0.25, -0.2) is 13.1 Å². The first-order valence-corrected chi connectivity index (χ1v) is 11.4. The second-order valence-corrected chi connectivity index (χ2v) is 9.03. The number of amides is 1. The molecule has 2 aliphatic rings. The summed E-state index contributed by atoms with van der Waals surface area (Å²) in [5.41, 5.74) is 0.976. The number of carbonyl (C=O) groups is 1. The molecule has 1 atom stereocenters. The number of sulfonamides is 1. The Bertz CT molecular complexity index is 1050. The van der Waals surface area contributed by atoms with Gasteiger partial charge < -0.3 is 14.0 Å². The molecular weight excluding hydrogens is 412 g/mol. The standard InChI is InChI=1S/C19H24N4O6S/c1-3-18-21-17(22-29-18)10-23-14-7-12(2)16(8-15(14)28-11-19(23)24)30(25,26)20-9-13-5-4-6-27-13/h7-8,13,20H,3-6,9-11H2,1-2H3. The van der Waals surface area contributed by atoms with Crippen LogP contribution < -0.4 is 14.4 Å². The zero-order valence-electron chi connectivity index (χ0n) is 16.9. The maximum absolute atomic E-state index is 12.8. The average molecular weight is 436 g/mol. The van der Waals surface area contributed by atoms with Crippen LogP contribution in [-0.2, 0) is 32.5 Å². The first-order chi connectivity index (χ1) is 14.4. The van der Waals surface area contributed by atoms with E-state index in [9.17, 15) is 13.2 Å². The molecule has 3 heterocycles. The lowest BCUT2D eigenvalue weighted by atomic mass is 10.1. The fourth-order valence-corrected chi connectivity index (χ4v) is 4.83. The third-order valence-corrected chi connectivity index (χ3v) is 6.69. The largest absolute Gasteiger partial charge is 0.482 e. The number of fused-ring (bicyclic) bond motifs is 1. The summed E-state index contributed by atoms with van der Waals surface area (Å²) in [6.07, 6.45) is 2.26. The van der Waals surface area contributed by atoms with Crippen LogP contribution in [0.15, 0.2) is 21.6 Å². The number of ether oxygens (including phenoxy) is 2. The van der Waals surface area contributed by atoms with Crippen molar-refractivity contribution in [2.45, 2.75) is 50.7 Å². The highest BCUT2D eigenvalue weighted by Gasteiger charge is 2.30. The molecule has 0 spiro atoms. The molecule has 1 aromatic heterocycles. The summed E-state index contributed by atoms with van der Waals surface area (Å²) < 4.78 is 44.4. The van der Waals surface area contributed by atoms with Crippen LogP contribution in [0.3, 0.4) is 0 Å². The topological polar surface area (TPSA) is 124 Å². The maximum atomic E-state index is 12.8. The van der Waals surface area contributed by atoms with E-state index in [1.54, 1.807) is 13.0 Å². The van der Waals surface area contributed by atoms with E-state index in [2.05, 4.69) is 14.9 Å². The normalized spacial score (nSPS) is 19.1. The van der Waals surface area contributed by atoms with Gasteiger partial charge in [-0.2, -0.15) is 4.98 Å². The minimum absolute atomic E-state index is 0.106. The van der Waals surface area contributed by atoms with Crippen molar-refractivity contribution in [2.24, 2.45) is 0 Å². The van der Waals surface area contributed by atoms with Gasteiger partial charge in [0.2, 0.25) is 15.9 Å². The van der Waals surface area contributed by atoms with Crippen LogP contribution in [0.1, 0.15) is 37.0 Å². The highest BCUT2D eigenvalue weighted by atomic mass is 32.2. The van der Waals surface area contributed by atoms with Gasteiger partial charge in [-0.1, -0.05) is 12.1 Å². The lowest BCUT2D eigenvalue weighted by molar-refractivity contribution is -0.121. The van der Waals surface area contributed by atoms with Gasteiger partial charge in [0, 0.05) is 25.6 Å². The summed E-state index contributed by atoms with van der Waals surface area (Å²) in [4.78, 5) is 18.3. The molecule has 1 fully saturated rings. The van der Waals surface area contributed by atoms with E-state index in [-0.39, 0.29) is 36.6 Å². The number of aromatic nitrogens is 2. The third-order valence-electron chi connectivity index (χ3n) is 5.13. The number of carbonyl (C=O) groups excluding carboxylic acids is 1. The molecule has 1 aromatic carbocycles. The smallest absolute Gasteiger partial charge is 0.265 e. The summed E-state index contributed by atoms with van der Waals surface area (Å²) in [5, 5.41) is 3.89. The number of hydrogen-bond donors (Lipinski definition) is 1. The first-order valence-electron chi connectivity index (χ1n) is 9.88. The number of benzene rings is 1. The quantitative estimate of drug-likeness (QED) is 0.689. The second-order valence-electron chi connectivity index (χ2n) is 7.30. The molecule has 1 N–H and O–H groups in total. The van der Waals surface area contributed by atoms with Gasteiger partial charge in [-0.05, 0) is 31.4 Å². The molecule has 1 saturated heterocycles. The van der Waals surface area contributed by atoms with Gasteiger partial charge in [0.05, 0.1) is 23.2 Å². The van der Waals surface area contributed by atoms with E-state index in [0.29, 0.717) is 41.7 Å². The fraction of sp³-hybridized carbons (Fsp3) is 0.526. The van der Waals surface area contributed by atoms with Gasteiger partial charge >= 0.3 is 0 Å². The van der Waals surface area contributed by atoms with Crippen molar-refractivity contribution in [3.63, 3.8) is 0 Å². The summed E-state index contributed by atoms with van der Waals surface area (Å²) >= 11 is 0. The Kier molecular flexibility index (Phi) is 5.76. The molecule has 162 valence electrons. The summed E-state index contributed by atoms with van der Waals surface area (Å²) in [7, 11) is -3.75. The Morgan fingerprint density at radius 1 is 1.33 bits per heavy atom. The lowest BCUT2D eigenvalue weighted by Crippen LogP contribution is -2.39. The van der Waals surface area contributed by atoms with Gasteiger partial charge in [0.25, 0.3) is 5.91 Å². The second kappa shape index (κ2) is 8.32. The van der Waals surface area contributed by atoms with E-state index in [4.69, 9.17) is 14.0 Å². The Labute approximate surface area is 174 Å². The molecule has 11 heteroatoms. The van der Waals surface area contributed by atoms with Crippen LogP contribution >= 0.6 is 0 Å². The molecule has 2 aliphatic heterocycles. The minimum atomic E-state index is -3.75. The summed E-state index contributed by atoms with van der Waals surface area (Å²) in [6, 6.07) is 3.09. The van der Waals surface area contributed by atoms with E-state index >= 15 is 0 Å². The van der Waals surface area contributed by atoms with Gasteiger partial charge in [0.15, 0.2) is 12.4 Å². The molecular formula is C19H24N4O6S. The van der Waals surface area contributed by atoms with Gasteiger partial charge in [-0.15, -0.1) is 0 Å². The van der Waals surface area contributed by atoms with E-state index in [0.717, 1.165) is 12.8 Å². The van der Waals surface area contributed by atoms with Crippen molar-refractivity contribution < 1.29 is 27.2 Å². The maximum Gasteiger partial charge on any atom is 0.265 e. The number of nitrogens with one attached hydrogen (secondary N) is 1. The van der Waals surface area contributed by atoms with Crippen LogP contribution in [0.25, 0.3) is 0 Å². The molecule has 1 amide bonds. The third kappa shape index (κ3) is 4.18. The van der Waals surface area contributed by atoms with E-state index < -0.39 is 10.0 Å². The molecule has 10 nitrogen and oxygen atoms in total. The number of rotatable bonds is 7. The van der Waals surface area contributed by atoms with Crippen molar-refractivity contribution in [3.05, 3.63) is 29.4 Å². The zero-order chi connectivity index (χ0) is 21.3. The minimum Gasteiger partial charge on any atom is -0.482 e. The van der Waals surface area contributed by atoms with Crippen molar-refractivity contribution >= 4 is 21.6 Å². The molecule has 0 radical (unpaired) electrons.